The molecule has 0 saturated carbocycles. The molecule has 0 aliphatic rings. The zero-order valence-corrected chi connectivity index (χ0v) is 17.3. The molecule has 4 aromatic rings. The van der Waals surface area contributed by atoms with E-state index >= 15 is 0 Å². The lowest BCUT2D eigenvalue weighted by molar-refractivity contribution is 0.0950. The summed E-state index contributed by atoms with van der Waals surface area (Å²) in [7, 11) is 3.14. The number of hydrogen-bond acceptors (Lipinski definition) is 5. The zero-order valence-electron chi connectivity index (χ0n) is 16.5. The Morgan fingerprint density at radius 2 is 1.97 bits per heavy atom. The quantitative estimate of drug-likeness (QED) is 0.479. The van der Waals surface area contributed by atoms with Gasteiger partial charge in [-0.05, 0) is 42.5 Å². The third-order valence-corrected chi connectivity index (χ3v) is 5.87. The van der Waals surface area contributed by atoms with E-state index in [1.165, 1.54) is 24.5 Å². The minimum Gasteiger partial charge on any atom is -0.497 e. The Morgan fingerprint density at radius 1 is 1.17 bits per heavy atom. The minimum atomic E-state index is -0.354. The second-order valence-corrected chi connectivity index (χ2v) is 7.64. The third-order valence-electron chi connectivity index (χ3n) is 4.67. The van der Waals surface area contributed by atoms with Gasteiger partial charge in [0, 0.05) is 29.0 Å². The molecule has 0 unspecified atom stereocenters. The number of thiophene rings is 1. The number of carbonyl (C=O) groups excluding carboxylic acids is 1. The van der Waals surface area contributed by atoms with Gasteiger partial charge in [0.1, 0.15) is 11.6 Å². The number of rotatable bonds is 7. The van der Waals surface area contributed by atoms with Gasteiger partial charge in [0.15, 0.2) is 0 Å². The highest BCUT2D eigenvalue weighted by Gasteiger charge is 2.20. The van der Waals surface area contributed by atoms with Crippen molar-refractivity contribution in [3.8, 4) is 11.4 Å². The molecule has 0 aliphatic carbocycles. The summed E-state index contributed by atoms with van der Waals surface area (Å²) < 4.78 is 27.1. The maximum absolute atomic E-state index is 14.3. The van der Waals surface area contributed by atoms with Crippen LogP contribution in [0.25, 0.3) is 15.8 Å². The van der Waals surface area contributed by atoms with Crippen LogP contribution in [0.3, 0.4) is 0 Å². The van der Waals surface area contributed by atoms with Crippen molar-refractivity contribution < 1.29 is 18.7 Å². The van der Waals surface area contributed by atoms with Gasteiger partial charge in [-0.1, -0.05) is 6.07 Å². The standard InChI is InChI=1S/C22H20FN3O3S/c1-28-13-17-20-18(23)4-3-5-19(20)30-21(17)22(27)24-12-14-10-11-26(25-14)15-6-8-16(29-2)9-7-15/h3-11H,12-13H2,1-2H3,(H,24,27). The highest BCUT2D eigenvalue weighted by Crippen LogP contribution is 2.33. The summed E-state index contributed by atoms with van der Waals surface area (Å²) >= 11 is 1.26. The van der Waals surface area contributed by atoms with Crippen LogP contribution in [0.1, 0.15) is 20.9 Å². The van der Waals surface area contributed by atoms with E-state index < -0.39 is 0 Å². The average molecular weight is 425 g/mol. The fourth-order valence-corrected chi connectivity index (χ4v) is 4.36. The molecule has 2 aromatic carbocycles. The largest absolute Gasteiger partial charge is 0.497 e. The number of benzene rings is 2. The summed E-state index contributed by atoms with van der Waals surface area (Å²) in [4.78, 5) is 13.3. The normalized spacial score (nSPS) is 11.0. The van der Waals surface area contributed by atoms with Crippen molar-refractivity contribution in [3.05, 3.63) is 76.7 Å². The Kier molecular flexibility index (Phi) is 5.78. The summed E-state index contributed by atoms with van der Waals surface area (Å²) in [5.74, 6) is 0.139. The van der Waals surface area contributed by atoms with Crippen molar-refractivity contribution >= 4 is 27.3 Å². The number of aromatic nitrogens is 2. The lowest BCUT2D eigenvalue weighted by Crippen LogP contribution is -2.23. The molecule has 1 N–H and O–H groups in total. The molecule has 30 heavy (non-hydrogen) atoms. The Labute approximate surface area is 176 Å². The van der Waals surface area contributed by atoms with Gasteiger partial charge in [0.05, 0.1) is 36.5 Å². The Hall–Kier alpha value is -3.23. The molecule has 2 heterocycles. The molecule has 1 amide bonds. The Balaban J connectivity index is 1.51. The van der Waals surface area contributed by atoms with Gasteiger partial charge in [-0.15, -0.1) is 11.3 Å². The van der Waals surface area contributed by atoms with E-state index in [1.54, 1.807) is 23.9 Å². The van der Waals surface area contributed by atoms with Crippen molar-refractivity contribution in [2.75, 3.05) is 14.2 Å². The number of halogens is 1. The predicted molar refractivity (Wildman–Crippen MR) is 114 cm³/mol. The van der Waals surface area contributed by atoms with Crippen LogP contribution in [-0.2, 0) is 17.9 Å². The lowest BCUT2D eigenvalue weighted by atomic mass is 10.1. The Morgan fingerprint density at radius 3 is 2.70 bits per heavy atom. The number of amides is 1. The van der Waals surface area contributed by atoms with Gasteiger partial charge < -0.3 is 14.8 Å². The first-order valence-corrected chi connectivity index (χ1v) is 10.1. The number of fused-ring (bicyclic) bond motifs is 1. The molecule has 0 bridgehead atoms. The fourth-order valence-electron chi connectivity index (χ4n) is 3.22. The molecule has 8 heteroatoms. The summed E-state index contributed by atoms with van der Waals surface area (Å²) in [6.45, 7) is 0.418. The molecular formula is C22H20FN3O3S. The van der Waals surface area contributed by atoms with Crippen LogP contribution in [-0.4, -0.2) is 29.9 Å². The molecule has 6 nitrogen and oxygen atoms in total. The van der Waals surface area contributed by atoms with Crippen LogP contribution < -0.4 is 10.1 Å². The van der Waals surface area contributed by atoms with Gasteiger partial charge in [0.2, 0.25) is 0 Å². The van der Waals surface area contributed by atoms with Crippen LogP contribution in [0, 0.1) is 5.82 Å². The first kappa shape index (κ1) is 20.1. The van der Waals surface area contributed by atoms with Crippen molar-refractivity contribution in [2.45, 2.75) is 13.2 Å². The van der Waals surface area contributed by atoms with E-state index in [2.05, 4.69) is 10.4 Å². The van der Waals surface area contributed by atoms with Gasteiger partial charge in [0.25, 0.3) is 5.91 Å². The molecule has 4 rings (SSSR count). The number of nitrogens with one attached hydrogen (secondary N) is 1. The SMILES string of the molecule is COCc1c(C(=O)NCc2ccn(-c3ccc(OC)cc3)n2)sc2cccc(F)c12. The topological polar surface area (TPSA) is 65.4 Å². The zero-order chi connectivity index (χ0) is 21.1. The van der Waals surface area contributed by atoms with Gasteiger partial charge in [-0.3, -0.25) is 4.79 Å². The van der Waals surface area contributed by atoms with Crippen LogP contribution >= 0.6 is 11.3 Å². The minimum absolute atomic E-state index is 0.162. The highest BCUT2D eigenvalue weighted by molar-refractivity contribution is 7.21. The number of methoxy groups -OCH3 is 2. The molecule has 0 spiro atoms. The van der Waals surface area contributed by atoms with E-state index in [9.17, 15) is 9.18 Å². The monoisotopic (exact) mass is 425 g/mol. The molecule has 0 radical (unpaired) electrons. The van der Waals surface area contributed by atoms with E-state index in [0.29, 0.717) is 21.5 Å². The van der Waals surface area contributed by atoms with E-state index in [-0.39, 0.29) is 24.9 Å². The summed E-state index contributed by atoms with van der Waals surface area (Å²) in [6, 6.07) is 14.2. The van der Waals surface area contributed by atoms with Gasteiger partial charge in [-0.2, -0.15) is 5.10 Å². The number of ether oxygens (including phenoxy) is 2. The smallest absolute Gasteiger partial charge is 0.262 e. The maximum Gasteiger partial charge on any atom is 0.262 e. The molecule has 0 atom stereocenters. The summed E-state index contributed by atoms with van der Waals surface area (Å²) in [6.07, 6.45) is 1.83. The first-order chi connectivity index (χ1) is 14.6. The second kappa shape index (κ2) is 8.64. The van der Waals surface area contributed by atoms with E-state index in [0.717, 1.165) is 16.1 Å². The molecular weight excluding hydrogens is 405 g/mol. The lowest BCUT2D eigenvalue weighted by Gasteiger charge is -2.06. The number of hydrogen-bond donors (Lipinski definition) is 1. The van der Waals surface area contributed by atoms with Crippen LogP contribution in [0.4, 0.5) is 4.39 Å². The fraction of sp³-hybridized carbons (Fsp3) is 0.182. The summed E-state index contributed by atoms with van der Waals surface area (Å²) in [5.41, 5.74) is 2.16. The predicted octanol–water partition coefficient (Wildman–Crippen LogP) is 4.31. The molecule has 0 aliphatic heterocycles. The maximum atomic E-state index is 14.3. The summed E-state index contributed by atoms with van der Waals surface area (Å²) in [5, 5.41) is 7.82. The van der Waals surface area contributed by atoms with Crippen molar-refractivity contribution in [3.63, 3.8) is 0 Å². The van der Waals surface area contributed by atoms with Crippen LogP contribution in [0.15, 0.2) is 54.7 Å². The highest BCUT2D eigenvalue weighted by atomic mass is 32.1. The molecule has 0 saturated heterocycles. The van der Waals surface area contributed by atoms with Crippen LogP contribution in [0.2, 0.25) is 0 Å². The average Bonchev–Trinajstić information content (AvgIpc) is 3.38. The number of nitrogens with zero attached hydrogens (tertiary/aromatic N) is 2. The van der Waals surface area contributed by atoms with Gasteiger partial charge >= 0.3 is 0 Å². The van der Waals surface area contributed by atoms with Crippen molar-refractivity contribution in [1.82, 2.24) is 15.1 Å². The Bertz CT molecular complexity index is 1180. The molecule has 0 fully saturated rings. The second-order valence-electron chi connectivity index (χ2n) is 6.59. The molecule has 154 valence electrons. The number of carbonyl (C=O) groups is 1. The van der Waals surface area contributed by atoms with E-state index in [1.807, 2.05) is 36.5 Å². The van der Waals surface area contributed by atoms with Crippen molar-refractivity contribution in [2.24, 2.45) is 0 Å². The van der Waals surface area contributed by atoms with Gasteiger partial charge in [-0.25, -0.2) is 9.07 Å². The van der Waals surface area contributed by atoms with Crippen LogP contribution in [0.5, 0.6) is 5.75 Å². The van der Waals surface area contributed by atoms with Crippen molar-refractivity contribution in [1.29, 1.82) is 0 Å². The molecule has 2 aromatic heterocycles. The first-order valence-electron chi connectivity index (χ1n) is 9.26. The van der Waals surface area contributed by atoms with E-state index in [4.69, 9.17) is 9.47 Å². The third kappa shape index (κ3) is 3.92.